The highest BCUT2D eigenvalue weighted by molar-refractivity contribution is 6.06. The highest BCUT2D eigenvalue weighted by Crippen LogP contribution is 2.75. The van der Waals surface area contributed by atoms with Gasteiger partial charge in [-0.05, 0) is 109 Å². The van der Waals surface area contributed by atoms with Crippen molar-refractivity contribution in [1.29, 1.82) is 0 Å². The standard InChI is InChI=1S/C37H49NO7/c1-31(2,41)29-27(40)30-37(44-30)23(43-29)12-13-34(7)35(8)17(11-14-36(34,37)42)15-20-24-19-16-21-25(33(5,6)45-32(21,3)4)26(39)18(19)9-10-22(24)38-28(20)35/h9-10,17,21,23,25,27,29-30,38,40-42H,11-16H2,1-8H3/t17-,21+,23?,25-,27+,29?,30?,34+,35+,36-,37?/m0/s1. The molecule has 5 fully saturated rings. The van der Waals surface area contributed by atoms with Gasteiger partial charge in [-0.15, -0.1) is 0 Å². The number of fused-ring (bicyclic) bond motifs is 10. The second-order valence-electron chi connectivity index (χ2n) is 17.8. The number of H-pyrrole nitrogens is 1. The van der Waals surface area contributed by atoms with Crippen LogP contribution in [0.4, 0.5) is 0 Å². The van der Waals surface area contributed by atoms with Gasteiger partial charge in [0.15, 0.2) is 11.4 Å². The van der Waals surface area contributed by atoms with Crippen LogP contribution in [0.25, 0.3) is 10.9 Å². The van der Waals surface area contributed by atoms with Crippen LogP contribution in [0.1, 0.15) is 108 Å². The van der Waals surface area contributed by atoms with Crippen molar-refractivity contribution in [3.8, 4) is 0 Å². The van der Waals surface area contributed by atoms with Gasteiger partial charge in [-0.2, -0.15) is 0 Å². The first-order chi connectivity index (χ1) is 20.8. The van der Waals surface area contributed by atoms with E-state index in [9.17, 15) is 20.1 Å². The summed E-state index contributed by atoms with van der Waals surface area (Å²) >= 11 is 0. The highest BCUT2D eigenvalue weighted by Gasteiger charge is 2.86. The molecule has 4 N–H and O–H groups in total. The van der Waals surface area contributed by atoms with E-state index in [1.54, 1.807) is 13.8 Å². The van der Waals surface area contributed by atoms with E-state index in [0.717, 1.165) is 42.3 Å². The summed E-state index contributed by atoms with van der Waals surface area (Å²) in [5, 5.41) is 36.4. The zero-order valence-electron chi connectivity index (χ0n) is 27.9. The average Bonchev–Trinajstić information content (AvgIpc) is 3.44. The maximum atomic E-state index is 14.2. The molecule has 8 nitrogen and oxygen atoms in total. The molecule has 244 valence electrons. The van der Waals surface area contributed by atoms with Crippen molar-refractivity contribution in [2.24, 2.45) is 23.2 Å². The third kappa shape index (κ3) is 3.06. The van der Waals surface area contributed by atoms with E-state index >= 15 is 0 Å². The van der Waals surface area contributed by atoms with Crippen LogP contribution in [0, 0.1) is 23.2 Å². The summed E-state index contributed by atoms with van der Waals surface area (Å²) in [6.45, 7) is 16.3. The van der Waals surface area contributed by atoms with Crippen molar-refractivity contribution in [2.75, 3.05) is 0 Å². The van der Waals surface area contributed by atoms with Gasteiger partial charge in [0.2, 0.25) is 0 Å². The molecule has 1 aromatic carbocycles. The molecule has 0 radical (unpaired) electrons. The van der Waals surface area contributed by atoms with Crippen LogP contribution in [0.15, 0.2) is 12.1 Å². The average molecular weight is 620 g/mol. The number of aliphatic hydroxyl groups excluding tert-OH is 1. The van der Waals surface area contributed by atoms with Crippen LogP contribution in [-0.4, -0.2) is 78.5 Å². The molecule has 1 spiro atoms. The van der Waals surface area contributed by atoms with Gasteiger partial charge in [-0.25, -0.2) is 0 Å². The normalized spacial score (nSPS) is 48.5. The van der Waals surface area contributed by atoms with Gasteiger partial charge >= 0.3 is 0 Å². The molecule has 9 rings (SSSR count). The lowest BCUT2D eigenvalue weighted by Crippen LogP contribution is -2.76. The molecule has 7 aliphatic rings. The van der Waals surface area contributed by atoms with Gasteiger partial charge in [0.25, 0.3) is 0 Å². The molecule has 4 aliphatic carbocycles. The first kappa shape index (κ1) is 29.3. The molecule has 2 saturated carbocycles. The number of carbonyl (C=O) groups excluding carboxylic acids is 1. The summed E-state index contributed by atoms with van der Waals surface area (Å²) < 4.78 is 19.4. The fourth-order valence-corrected chi connectivity index (χ4v) is 12.6. The number of aromatic nitrogens is 1. The molecule has 3 aliphatic heterocycles. The topological polar surface area (TPSA) is 125 Å². The maximum Gasteiger partial charge on any atom is 0.169 e. The number of rotatable bonds is 1. The lowest BCUT2D eigenvalue weighted by molar-refractivity contribution is -0.280. The number of epoxide rings is 1. The number of aliphatic hydroxyl groups is 3. The van der Waals surface area contributed by atoms with Crippen molar-refractivity contribution < 1.29 is 34.3 Å². The molecule has 8 heteroatoms. The van der Waals surface area contributed by atoms with Gasteiger partial charge in [0, 0.05) is 38.9 Å². The summed E-state index contributed by atoms with van der Waals surface area (Å²) in [5.74, 6) is 0.467. The minimum absolute atomic E-state index is 0.106. The van der Waals surface area contributed by atoms with E-state index in [-0.39, 0.29) is 23.0 Å². The summed E-state index contributed by atoms with van der Waals surface area (Å²) in [4.78, 5) is 18.0. The second kappa shape index (κ2) is 8.07. The Morgan fingerprint density at radius 1 is 0.978 bits per heavy atom. The smallest absolute Gasteiger partial charge is 0.169 e. The largest absolute Gasteiger partial charge is 0.388 e. The van der Waals surface area contributed by atoms with Crippen molar-refractivity contribution in [2.45, 2.75) is 152 Å². The van der Waals surface area contributed by atoms with Gasteiger partial charge < -0.3 is 34.5 Å². The monoisotopic (exact) mass is 619 g/mol. The number of ketones is 1. The number of ether oxygens (including phenoxy) is 3. The Morgan fingerprint density at radius 3 is 2.42 bits per heavy atom. The molecule has 4 heterocycles. The van der Waals surface area contributed by atoms with Crippen molar-refractivity contribution in [3.63, 3.8) is 0 Å². The minimum atomic E-state index is -1.23. The maximum absolute atomic E-state index is 14.2. The predicted octanol–water partition coefficient (Wildman–Crippen LogP) is 4.52. The Balaban J connectivity index is 1.17. The molecular formula is C37H49NO7. The quantitative estimate of drug-likeness (QED) is 0.346. The lowest BCUT2D eigenvalue weighted by atomic mass is 9.40. The molecule has 0 bridgehead atoms. The van der Waals surface area contributed by atoms with E-state index in [1.807, 2.05) is 6.07 Å². The molecule has 11 atom stereocenters. The third-order valence-electron chi connectivity index (χ3n) is 14.8. The minimum Gasteiger partial charge on any atom is -0.388 e. The van der Waals surface area contributed by atoms with E-state index in [0.29, 0.717) is 18.8 Å². The molecule has 0 amide bonds. The summed E-state index contributed by atoms with van der Waals surface area (Å²) in [5.41, 5.74) is 0.255. The van der Waals surface area contributed by atoms with Gasteiger partial charge in [-0.1, -0.05) is 13.8 Å². The van der Waals surface area contributed by atoms with E-state index < -0.39 is 57.8 Å². The third-order valence-corrected chi connectivity index (χ3v) is 14.8. The summed E-state index contributed by atoms with van der Waals surface area (Å²) in [7, 11) is 0. The Kier molecular flexibility index (Phi) is 5.26. The Morgan fingerprint density at radius 2 is 1.71 bits per heavy atom. The zero-order chi connectivity index (χ0) is 32.1. The van der Waals surface area contributed by atoms with E-state index in [4.69, 9.17) is 14.2 Å². The Bertz CT molecular complexity index is 1690. The Hall–Kier alpha value is -1.81. The predicted molar refractivity (Wildman–Crippen MR) is 167 cm³/mol. The number of hydrogen-bond acceptors (Lipinski definition) is 7. The van der Waals surface area contributed by atoms with Gasteiger partial charge in [-0.3, -0.25) is 4.79 Å². The van der Waals surface area contributed by atoms with Crippen molar-refractivity contribution in [3.05, 3.63) is 34.5 Å². The second-order valence-corrected chi connectivity index (χ2v) is 17.8. The number of carbonyl (C=O) groups is 1. The first-order valence-corrected chi connectivity index (χ1v) is 17.2. The molecule has 2 aromatic rings. The Labute approximate surface area is 265 Å². The van der Waals surface area contributed by atoms with Crippen molar-refractivity contribution >= 4 is 16.7 Å². The zero-order valence-corrected chi connectivity index (χ0v) is 27.9. The summed E-state index contributed by atoms with van der Waals surface area (Å²) in [6, 6.07) is 4.11. The fourth-order valence-electron chi connectivity index (χ4n) is 12.6. The number of nitrogens with one attached hydrogen (secondary N) is 1. The van der Waals surface area contributed by atoms with Gasteiger partial charge in [0.1, 0.15) is 23.9 Å². The van der Waals surface area contributed by atoms with Crippen LogP contribution < -0.4 is 0 Å². The van der Waals surface area contributed by atoms with Crippen LogP contribution >= 0.6 is 0 Å². The fraction of sp³-hybridized carbons (Fsp3) is 0.757. The van der Waals surface area contributed by atoms with Crippen LogP contribution in [0.2, 0.25) is 0 Å². The molecular weight excluding hydrogens is 570 g/mol. The van der Waals surface area contributed by atoms with E-state index in [2.05, 4.69) is 52.6 Å². The van der Waals surface area contributed by atoms with Crippen LogP contribution in [0.3, 0.4) is 0 Å². The number of benzene rings is 1. The molecule has 1 aromatic heterocycles. The molecule has 45 heavy (non-hydrogen) atoms. The first-order valence-electron chi connectivity index (χ1n) is 17.2. The van der Waals surface area contributed by atoms with Gasteiger partial charge in [0.05, 0.1) is 28.8 Å². The molecule has 3 saturated heterocycles. The number of aromatic amines is 1. The van der Waals surface area contributed by atoms with Crippen molar-refractivity contribution in [1.82, 2.24) is 4.98 Å². The molecule has 4 unspecified atom stereocenters. The lowest BCUT2D eigenvalue weighted by Gasteiger charge is -2.66. The highest BCUT2D eigenvalue weighted by atomic mass is 16.7. The number of hydrogen-bond donors (Lipinski definition) is 4. The summed E-state index contributed by atoms with van der Waals surface area (Å²) in [6.07, 6.45) is 1.78. The van der Waals surface area contributed by atoms with Crippen LogP contribution in [0.5, 0.6) is 0 Å². The SMILES string of the molecule is CC(C)(O)C1OC2CC[C@]3(C)[C@@]4(C)c5[nH]c6ccc7c(c6c5C[C@@H]4CC[C@@]3(O)C23OC3[C@@H]1O)C[C@@H]1[C@@H](C7=O)C(C)(C)OC1(C)C. The van der Waals surface area contributed by atoms with Crippen LogP contribution in [-0.2, 0) is 32.5 Å². The number of Topliss-reactive ketones (excluding diaryl/α,β-unsaturated/α-hetero) is 1. The van der Waals surface area contributed by atoms with E-state index in [1.165, 1.54) is 16.6 Å².